The van der Waals surface area contributed by atoms with Gasteiger partial charge in [-0.3, -0.25) is 4.55 Å². The Morgan fingerprint density at radius 2 is 2.11 bits per heavy atom. The Hall–Kier alpha value is 0.160. The van der Waals surface area contributed by atoms with Crippen LogP contribution in [-0.4, -0.2) is 25.5 Å². The molecular weight excluding hydrogens is 168 g/mol. The topological polar surface area (TPSA) is 63.6 Å². The maximum Gasteiger partial charge on any atom is 0.397 e. The van der Waals surface area contributed by atoms with E-state index in [9.17, 15) is 8.42 Å². The van der Waals surface area contributed by atoms with Crippen molar-refractivity contribution in [3.63, 3.8) is 0 Å². The van der Waals surface area contributed by atoms with Crippen LogP contribution in [0.15, 0.2) is 0 Å². The summed E-state index contributed by atoms with van der Waals surface area (Å²) in [6, 6.07) is 0. The third-order valence-electron chi connectivity index (χ3n) is 0.510. The van der Waals surface area contributed by atoms with Crippen LogP contribution >= 0.6 is 11.6 Å². The van der Waals surface area contributed by atoms with Crippen LogP contribution in [-0.2, 0) is 14.6 Å². The zero-order valence-corrected chi connectivity index (χ0v) is 6.15. The van der Waals surface area contributed by atoms with Crippen LogP contribution in [0.2, 0.25) is 0 Å². The molecule has 0 unspecified atom stereocenters. The molecule has 0 aliphatic heterocycles. The molecule has 0 aromatic carbocycles. The first kappa shape index (κ1) is 9.16. The molecule has 0 fully saturated rings. The summed E-state index contributed by atoms with van der Waals surface area (Å²) in [4.78, 5) is 0. The third-order valence-corrected chi connectivity index (χ3v) is 1.24. The fraction of sp³-hybridized carbons (Fsp3) is 1.00. The number of rotatable bonds is 4. The molecule has 0 rings (SSSR count). The van der Waals surface area contributed by atoms with Crippen LogP contribution in [0.25, 0.3) is 0 Å². The van der Waals surface area contributed by atoms with Crippen molar-refractivity contribution in [1.29, 1.82) is 0 Å². The first-order chi connectivity index (χ1) is 4.06. The average Bonchev–Trinajstić information content (AvgIpc) is 1.63. The summed E-state index contributed by atoms with van der Waals surface area (Å²) in [6.45, 7) is -0.0671. The Morgan fingerprint density at radius 1 is 1.56 bits per heavy atom. The van der Waals surface area contributed by atoms with E-state index in [4.69, 9.17) is 16.2 Å². The Labute approximate surface area is 58.7 Å². The van der Waals surface area contributed by atoms with Crippen molar-refractivity contribution in [2.75, 3.05) is 12.5 Å². The molecule has 0 amide bonds. The highest BCUT2D eigenvalue weighted by atomic mass is 35.5. The van der Waals surface area contributed by atoms with E-state index in [2.05, 4.69) is 4.18 Å². The second-order valence-electron chi connectivity index (χ2n) is 1.29. The number of hydrogen-bond acceptors (Lipinski definition) is 3. The normalized spacial score (nSPS) is 11.8. The predicted octanol–water partition coefficient (Wildman–Crippen LogP) is 0.435. The lowest BCUT2D eigenvalue weighted by Crippen LogP contribution is -2.04. The number of alkyl halides is 1. The summed E-state index contributed by atoms with van der Waals surface area (Å²) >= 11 is 5.17. The molecule has 0 spiro atoms. The van der Waals surface area contributed by atoms with Gasteiger partial charge in [-0.15, -0.1) is 11.6 Å². The minimum absolute atomic E-state index is 0.0671. The van der Waals surface area contributed by atoms with Gasteiger partial charge in [0.05, 0.1) is 6.61 Å². The summed E-state index contributed by atoms with van der Waals surface area (Å²) in [5, 5.41) is 0. The fourth-order valence-electron chi connectivity index (χ4n) is 0.219. The van der Waals surface area contributed by atoms with Gasteiger partial charge in [-0.05, 0) is 6.42 Å². The van der Waals surface area contributed by atoms with Crippen molar-refractivity contribution in [1.82, 2.24) is 0 Å². The van der Waals surface area contributed by atoms with E-state index in [0.29, 0.717) is 12.3 Å². The molecule has 0 radical (unpaired) electrons. The molecule has 0 aromatic rings. The predicted molar refractivity (Wildman–Crippen MR) is 32.8 cm³/mol. The van der Waals surface area contributed by atoms with Crippen LogP contribution in [0.1, 0.15) is 6.42 Å². The van der Waals surface area contributed by atoms with E-state index in [-0.39, 0.29) is 6.61 Å². The molecule has 4 nitrogen and oxygen atoms in total. The molecule has 6 heteroatoms. The lowest BCUT2D eigenvalue weighted by Gasteiger charge is -1.94. The molecule has 0 heterocycles. The maximum atomic E-state index is 9.80. The molecule has 0 saturated heterocycles. The Morgan fingerprint density at radius 3 is 2.44 bits per heavy atom. The molecule has 56 valence electrons. The molecule has 0 aliphatic rings. The van der Waals surface area contributed by atoms with Crippen molar-refractivity contribution in [3.05, 3.63) is 0 Å². The second kappa shape index (κ2) is 4.05. The monoisotopic (exact) mass is 174 g/mol. The summed E-state index contributed by atoms with van der Waals surface area (Å²) in [5.41, 5.74) is 0. The zero-order chi connectivity index (χ0) is 7.33. The highest BCUT2D eigenvalue weighted by molar-refractivity contribution is 7.80. The lowest BCUT2D eigenvalue weighted by molar-refractivity contribution is 0.269. The summed E-state index contributed by atoms with van der Waals surface area (Å²) in [6.07, 6.45) is 0.404. The molecule has 0 bridgehead atoms. The molecular formula is C3H7ClO4S. The van der Waals surface area contributed by atoms with Crippen LogP contribution in [0.3, 0.4) is 0 Å². The van der Waals surface area contributed by atoms with E-state index in [1.54, 1.807) is 0 Å². The van der Waals surface area contributed by atoms with E-state index < -0.39 is 10.4 Å². The minimum atomic E-state index is -4.26. The van der Waals surface area contributed by atoms with Crippen LogP contribution in [0.4, 0.5) is 0 Å². The first-order valence-electron chi connectivity index (χ1n) is 2.24. The smallest absolute Gasteiger partial charge is 0.264 e. The number of halogens is 1. The maximum absolute atomic E-state index is 9.80. The van der Waals surface area contributed by atoms with Gasteiger partial charge in [-0.2, -0.15) is 8.42 Å². The van der Waals surface area contributed by atoms with Crippen molar-refractivity contribution < 1.29 is 17.2 Å². The molecule has 0 aromatic heterocycles. The molecule has 9 heavy (non-hydrogen) atoms. The van der Waals surface area contributed by atoms with E-state index in [1.165, 1.54) is 0 Å². The van der Waals surface area contributed by atoms with E-state index in [0.717, 1.165) is 0 Å². The standard InChI is InChI=1S/C3H7ClO4S/c4-2-1-3-8-9(5,6)7/h1-3H2,(H,5,6,7). The number of hydrogen-bond donors (Lipinski definition) is 1. The summed E-state index contributed by atoms with van der Waals surface area (Å²) in [7, 11) is -4.26. The molecule has 0 atom stereocenters. The van der Waals surface area contributed by atoms with Gasteiger partial charge in [-0.25, -0.2) is 4.18 Å². The van der Waals surface area contributed by atoms with Crippen molar-refractivity contribution in [3.8, 4) is 0 Å². The van der Waals surface area contributed by atoms with Crippen molar-refractivity contribution in [2.24, 2.45) is 0 Å². The highest BCUT2D eigenvalue weighted by Crippen LogP contribution is 1.90. The first-order valence-corrected chi connectivity index (χ1v) is 4.14. The molecule has 0 saturated carbocycles. The fourth-order valence-corrected chi connectivity index (χ4v) is 0.656. The van der Waals surface area contributed by atoms with E-state index >= 15 is 0 Å². The van der Waals surface area contributed by atoms with Gasteiger partial charge in [0, 0.05) is 5.88 Å². The van der Waals surface area contributed by atoms with Gasteiger partial charge in [0.25, 0.3) is 0 Å². The van der Waals surface area contributed by atoms with Crippen LogP contribution < -0.4 is 0 Å². The molecule has 0 aliphatic carbocycles. The van der Waals surface area contributed by atoms with E-state index in [1.807, 2.05) is 0 Å². The van der Waals surface area contributed by atoms with Gasteiger partial charge < -0.3 is 0 Å². The van der Waals surface area contributed by atoms with Crippen LogP contribution in [0, 0.1) is 0 Å². The largest absolute Gasteiger partial charge is 0.397 e. The van der Waals surface area contributed by atoms with Crippen LogP contribution in [0.5, 0.6) is 0 Å². The quantitative estimate of drug-likeness (QED) is 0.382. The Balaban J connectivity index is 3.30. The molecule has 1 N–H and O–H groups in total. The van der Waals surface area contributed by atoms with Crippen molar-refractivity contribution in [2.45, 2.75) is 6.42 Å². The average molecular weight is 175 g/mol. The van der Waals surface area contributed by atoms with Gasteiger partial charge in [0.15, 0.2) is 0 Å². The Bertz CT molecular complexity index is 151. The van der Waals surface area contributed by atoms with Gasteiger partial charge in [0.1, 0.15) is 0 Å². The van der Waals surface area contributed by atoms with Crippen molar-refractivity contribution >= 4 is 22.0 Å². The zero-order valence-electron chi connectivity index (χ0n) is 4.58. The van der Waals surface area contributed by atoms with Gasteiger partial charge >= 0.3 is 10.4 Å². The van der Waals surface area contributed by atoms with Gasteiger partial charge in [0.2, 0.25) is 0 Å². The lowest BCUT2D eigenvalue weighted by atomic mass is 10.5. The SMILES string of the molecule is O=S(=O)(O)OCCCCl. The third kappa shape index (κ3) is 8.16. The van der Waals surface area contributed by atoms with Gasteiger partial charge in [-0.1, -0.05) is 0 Å². The minimum Gasteiger partial charge on any atom is -0.264 e. The summed E-state index contributed by atoms with van der Waals surface area (Å²) < 4.78 is 31.5. The Kier molecular flexibility index (Phi) is 4.12. The highest BCUT2D eigenvalue weighted by Gasteiger charge is 2.01. The summed E-state index contributed by atoms with van der Waals surface area (Å²) in [5.74, 6) is 0.315. The second-order valence-corrected chi connectivity index (χ2v) is 2.76.